The summed E-state index contributed by atoms with van der Waals surface area (Å²) in [7, 11) is 0. The van der Waals surface area contributed by atoms with E-state index in [0.717, 1.165) is 5.56 Å². The lowest BCUT2D eigenvalue weighted by Gasteiger charge is -2.15. The molecule has 1 aromatic heterocycles. The molecule has 0 amide bonds. The number of hydrogen-bond acceptors (Lipinski definition) is 5. The SMILES string of the molecule is C=C(NC(C)c1ccccc1)c1nonc1N. The number of anilines is 1. The van der Waals surface area contributed by atoms with Crippen LogP contribution in [0.25, 0.3) is 5.70 Å². The predicted octanol–water partition coefficient (Wildman–Crippen LogP) is 1.97. The van der Waals surface area contributed by atoms with Crippen LogP contribution in [-0.4, -0.2) is 10.3 Å². The molecule has 5 nitrogen and oxygen atoms in total. The molecule has 1 atom stereocenters. The summed E-state index contributed by atoms with van der Waals surface area (Å²) in [6, 6.07) is 10.1. The maximum atomic E-state index is 5.59. The summed E-state index contributed by atoms with van der Waals surface area (Å²) in [6.45, 7) is 5.90. The van der Waals surface area contributed by atoms with Gasteiger partial charge in [-0.3, -0.25) is 0 Å². The van der Waals surface area contributed by atoms with E-state index < -0.39 is 0 Å². The van der Waals surface area contributed by atoms with E-state index in [1.807, 2.05) is 37.3 Å². The summed E-state index contributed by atoms with van der Waals surface area (Å²) in [4.78, 5) is 0. The summed E-state index contributed by atoms with van der Waals surface area (Å²) in [5.41, 5.74) is 7.79. The van der Waals surface area contributed by atoms with Gasteiger partial charge in [-0.2, -0.15) is 0 Å². The largest absolute Gasteiger partial charge is 0.379 e. The Morgan fingerprint density at radius 3 is 2.65 bits per heavy atom. The zero-order chi connectivity index (χ0) is 12.3. The van der Waals surface area contributed by atoms with Crippen LogP contribution in [0.15, 0.2) is 41.5 Å². The molecular weight excluding hydrogens is 216 g/mol. The first-order chi connectivity index (χ1) is 8.18. The molecule has 0 fully saturated rings. The minimum atomic E-state index is 0.111. The highest BCUT2D eigenvalue weighted by molar-refractivity contribution is 5.66. The van der Waals surface area contributed by atoms with E-state index in [-0.39, 0.29) is 11.9 Å². The van der Waals surface area contributed by atoms with Crippen molar-refractivity contribution in [2.75, 3.05) is 5.73 Å². The van der Waals surface area contributed by atoms with Crippen molar-refractivity contribution >= 4 is 11.5 Å². The predicted molar refractivity (Wildman–Crippen MR) is 65.7 cm³/mol. The summed E-state index contributed by atoms with van der Waals surface area (Å²) in [5.74, 6) is 0.239. The van der Waals surface area contributed by atoms with Crippen LogP contribution < -0.4 is 11.1 Å². The molecule has 0 saturated carbocycles. The van der Waals surface area contributed by atoms with E-state index in [9.17, 15) is 0 Å². The molecule has 17 heavy (non-hydrogen) atoms. The van der Waals surface area contributed by atoms with Gasteiger partial charge in [0.1, 0.15) is 0 Å². The number of aromatic nitrogens is 2. The highest BCUT2D eigenvalue weighted by atomic mass is 16.6. The molecule has 0 bridgehead atoms. The van der Waals surface area contributed by atoms with Gasteiger partial charge in [-0.1, -0.05) is 36.9 Å². The summed E-state index contributed by atoms with van der Waals surface area (Å²) >= 11 is 0. The Morgan fingerprint density at radius 2 is 2.06 bits per heavy atom. The standard InChI is InChI=1S/C12H14N4O/c1-8(10-6-4-3-5-7-10)14-9(2)11-12(13)16-17-15-11/h3-8,14H,2H2,1H3,(H2,13,16). The lowest BCUT2D eigenvalue weighted by Crippen LogP contribution is -2.17. The average molecular weight is 230 g/mol. The molecule has 0 saturated heterocycles. The third-order valence-corrected chi connectivity index (χ3v) is 2.49. The lowest BCUT2D eigenvalue weighted by molar-refractivity contribution is 0.307. The van der Waals surface area contributed by atoms with Gasteiger partial charge in [-0.15, -0.1) is 0 Å². The van der Waals surface area contributed by atoms with Gasteiger partial charge in [0.05, 0.1) is 5.70 Å². The Hall–Kier alpha value is -2.30. The van der Waals surface area contributed by atoms with Crippen molar-refractivity contribution in [3.05, 3.63) is 48.2 Å². The van der Waals surface area contributed by atoms with E-state index in [4.69, 9.17) is 5.73 Å². The number of rotatable bonds is 4. The van der Waals surface area contributed by atoms with Gasteiger partial charge >= 0.3 is 0 Å². The summed E-state index contributed by atoms with van der Waals surface area (Å²) < 4.78 is 4.53. The van der Waals surface area contributed by atoms with Crippen molar-refractivity contribution in [1.82, 2.24) is 15.6 Å². The molecule has 5 heteroatoms. The molecule has 1 aromatic carbocycles. The van der Waals surface area contributed by atoms with Crippen molar-refractivity contribution in [2.24, 2.45) is 0 Å². The maximum absolute atomic E-state index is 5.59. The van der Waals surface area contributed by atoms with Crippen LogP contribution in [0.5, 0.6) is 0 Å². The summed E-state index contributed by atoms with van der Waals surface area (Å²) in [5, 5.41) is 10.4. The molecule has 1 heterocycles. The second-order valence-corrected chi connectivity index (χ2v) is 3.75. The van der Waals surface area contributed by atoms with Crippen LogP contribution in [0, 0.1) is 0 Å². The van der Waals surface area contributed by atoms with E-state index >= 15 is 0 Å². The molecule has 0 radical (unpaired) electrons. The number of hydrogen-bond donors (Lipinski definition) is 2. The van der Waals surface area contributed by atoms with E-state index in [1.54, 1.807) is 0 Å². The molecule has 88 valence electrons. The smallest absolute Gasteiger partial charge is 0.197 e. The maximum Gasteiger partial charge on any atom is 0.197 e. The van der Waals surface area contributed by atoms with Gasteiger partial charge < -0.3 is 11.1 Å². The monoisotopic (exact) mass is 230 g/mol. The number of nitrogen functional groups attached to an aromatic ring is 1. The molecule has 1 unspecified atom stereocenters. The lowest BCUT2D eigenvalue weighted by atomic mass is 10.1. The van der Waals surface area contributed by atoms with Gasteiger partial charge in [0.2, 0.25) is 0 Å². The van der Waals surface area contributed by atoms with Crippen molar-refractivity contribution < 1.29 is 4.63 Å². The fraction of sp³-hybridized carbons (Fsp3) is 0.167. The topological polar surface area (TPSA) is 77.0 Å². The van der Waals surface area contributed by atoms with Gasteiger partial charge in [-0.25, -0.2) is 4.63 Å². The Kier molecular flexibility index (Phi) is 3.09. The Labute approximate surface area is 99.3 Å². The van der Waals surface area contributed by atoms with E-state index in [1.165, 1.54) is 0 Å². The van der Waals surface area contributed by atoms with Crippen LogP contribution in [0.3, 0.4) is 0 Å². The molecule has 0 aliphatic heterocycles. The molecule has 3 N–H and O–H groups in total. The Morgan fingerprint density at radius 1 is 1.35 bits per heavy atom. The second kappa shape index (κ2) is 4.69. The molecular formula is C12H14N4O. The third-order valence-electron chi connectivity index (χ3n) is 2.49. The zero-order valence-electron chi connectivity index (χ0n) is 9.55. The minimum absolute atomic E-state index is 0.111. The fourth-order valence-corrected chi connectivity index (χ4v) is 1.56. The highest BCUT2D eigenvalue weighted by Gasteiger charge is 2.13. The van der Waals surface area contributed by atoms with Crippen LogP contribution in [0.1, 0.15) is 24.2 Å². The van der Waals surface area contributed by atoms with Crippen molar-refractivity contribution in [3.8, 4) is 0 Å². The first kappa shape index (κ1) is 11.2. The molecule has 2 aromatic rings. The van der Waals surface area contributed by atoms with Gasteiger partial charge in [0, 0.05) is 6.04 Å². The van der Waals surface area contributed by atoms with Crippen molar-refractivity contribution in [1.29, 1.82) is 0 Å². The zero-order valence-corrected chi connectivity index (χ0v) is 9.55. The number of nitrogens with one attached hydrogen (secondary N) is 1. The van der Waals surface area contributed by atoms with E-state index in [2.05, 4.69) is 26.8 Å². The Balaban J connectivity index is 2.08. The van der Waals surface area contributed by atoms with Gasteiger partial charge in [0.15, 0.2) is 11.5 Å². The third kappa shape index (κ3) is 2.44. The highest BCUT2D eigenvalue weighted by Crippen LogP contribution is 2.18. The van der Waals surface area contributed by atoms with Gasteiger partial charge in [-0.05, 0) is 22.8 Å². The second-order valence-electron chi connectivity index (χ2n) is 3.75. The molecule has 2 rings (SSSR count). The fourth-order valence-electron chi connectivity index (χ4n) is 1.56. The number of nitrogens with zero attached hydrogens (tertiary/aromatic N) is 2. The van der Waals surface area contributed by atoms with Gasteiger partial charge in [0.25, 0.3) is 0 Å². The van der Waals surface area contributed by atoms with Crippen LogP contribution in [-0.2, 0) is 0 Å². The van der Waals surface area contributed by atoms with Crippen LogP contribution >= 0.6 is 0 Å². The minimum Gasteiger partial charge on any atom is -0.379 e. The summed E-state index contributed by atoms with van der Waals surface area (Å²) in [6.07, 6.45) is 0. The average Bonchev–Trinajstić information content (AvgIpc) is 2.76. The Bertz CT molecular complexity index is 506. The van der Waals surface area contributed by atoms with Crippen molar-refractivity contribution in [3.63, 3.8) is 0 Å². The molecule has 0 spiro atoms. The normalized spacial score (nSPS) is 12.1. The van der Waals surface area contributed by atoms with E-state index in [0.29, 0.717) is 11.4 Å². The number of nitrogens with two attached hydrogens (primary N) is 1. The quantitative estimate of drug-likeness (QED) is 0.839. The van der Waals surface area contributed by atoms with Crippen molar-refractivity contribution in [2.45, 2.75) is 13.0 Å². The first-order valence-electron chi connectivity index (χ1n) is 5.27. The number of benzene rings is 1. The molecule has 0 aliphatic carbocycles. The van der Waals surface area contributed by atoms with Crippen LogP contribution in [0.2, 0.25) is 0 Å². The molecule has 0 aliphatic rings. The van der Waals surface area contributed by atoms with Crippen LogP contribution in [0.4, 0.5) is 5.82 Å². The first-order valence-corrected chi connectivity index (χ1v) is 5.27.